The van der Waals surface area contributed by atoms with E-state index in [9.17, 15) is 0 Å². The molecule has 2 aliphatic carbocycles. The summed E-state index contributed by atoms with van der Waals surface area (Å²) >= 11 is 0. The number of benzene rings is 7. The number of rotatable bonds is 8. The number of anilines is 5. The first-order chi connectivity index (χ1) is 33.7. The molecule has 0 aliphatic heterocycles. The number of aryl methyl sites for hydroxylation is 4. The second kappa shape index (κ2) is 16.7. The molecule has 0 amide bonds. The second-order valence-electron chi connectivity index (χ2n) is 20.5. The Morgan fingerprint density at radius 1 is 0.614 bits per heavy atom. The van der Waals surface area contributed by atoms with Gasteiger partial charge in [-0.25, -0.2) is 0 Å². The minimum absolute atomic E-state index is 0.443. The lowest BCUT2D eigenvalue weighted by molar-refractivity contribution is 0.537. The zero-order valence-electron chi connectivity index (χ0n) is 41.9. The molecule has 0 saturated heterocycles. The summed E-state index contributed by atoms with van der Waals surface area (Å²) in [4.78, 5) is 4.77. The average Bonchev–Trinajstić information content (AvgIpc) is 3.96. The van der Waals surface area contributed by atoms with Crippen molar-refractivity contribution in [2.24, 2.45) is 0 Å². The summed E-state index contributed by atoms with van der Waals surface area (Å²) in [6.45, 7) is 29.6. The summed E-state index contributed by atoms with van der Waals surface area (Å²) in [6, 6.07) is 50.6. The third-order valence-electron chi connectivity index (χ3n) is 15.2. The lowest BCUT2D eigenvalue weighted by Crippen LogP contribution is -2.28. The maximum atomic E-state index is 7.15. The highest BCUT2D eigenvalue weighted by Gasteiger charge is 2.45. The van der Waals surface area contributed by atoms with Gasteiger partial charge in [-0.3, -0.25) is 0 Å². The first-order valence-electron chi connectivity index (χ1n) is 24.5. The van der Waals surface area contributed by atoms with E-state index in [2.05, 4.69) is 224 Å². The van der Waals surface area contributed by atoms with Gasteiger partial charge in [-0.2, -0.15) is 0 Å². The fourth-order valence-electron chi connectivity index (χ4n) is 11.6. The predicted molar refractivity (Wildman–Crippen MR) is 296 cm³/mol. The molecule has 7 aromatic carbocycles. The zero-order chi connectivity index (χ0) is 48.8. The second-order valence-corrected chi connectivity index (χ2v) is 20.5. The summed E-state index contributed by atoms with van der Waals surface area (Å²) in [5.41, 5.74) is 22.8. The molecule has 0 radical (unpaired) electrons. The van der Waals surface area contributed by atoms with Crippen molar-refractivity contribution in [3.63, 3.8) is 0 Å². The van der Waals surface area contributed by atoms with Crippen LogP contribution in [-0.4, -0.2) is 0 Å². The van der Waals surface area contributed by atoms with Gasteiger partial charge < -0.3 is 18.6 Å². The molecule has 346 valence electrons. The third-order valence-corrected chi connectivity index (χ3v) is 15.2. The van der Waals surface area contributed by atoms with Gasteiger partial charge in [0.15, 0.2) is 11.3 Å². The molecule has 2 aromatic heterocycles. The van der Waals surface area contributed by atoms with Gasteiger partial charge in [0.2, 0.25) is 0 Å². The minimum atomic E-state index is -0.533. The number of para-hydroxylation sites is 3. The van der Waals surface area contributed by atoms with E-state index in [-0.39, 0.29) is 0 Å². The van der Waals surface area contributed by atoms with E-state index < -0.39 is 10.8 Å². The third kappa shape index (κ3) is 6.95. The van der Waals surface area contributed by atoms with Crippen molar-refractivity contribution in [2.45, 2.75) is 79.6 Å². The fourth-order valence-corrected chi connectivity index (χ4v) is 11.6. The van der Waals surface area contributed by atoms with Crippen LogP contribution < -0.4 is 9.80 Å². The SMILES string of the molecule is C=C/C=C\c1oc2c(c1C)Cc1ccc3c(c1C(C)(C)C(=C)C=C2N(c1ccccc1)c1ccc(C)cc1C)C(C)(C)c1cc(N(c2ccccc2)c2ccc(C)cc2C)c2oc4ccccc4c2c1-3. The molecule has 0 N–H and O–H groups in total. The van der Waals surface area contributed by atoms with Crippen LogP contribution in [0.25, 0.3) is 44.8 Å². The van der Waals surface area contributed by atoms with Crippen LogP contribution in [-0.2, 0) is 17.3 Å². The van der Waals surface area contributed by atoms with Crippen LogP contribution in [0.5, 0.6) is 0 Å². The number of hydrogen-bond donors (Lipinski definition) is 0. The van der Waals surface area contributed by atoms with Gasteiger partial charge in [0.05, 0.1) is 11.4 Å². The molecule has 9 aromatic rings. The molecular weight excluding hydrogens is 853 g/mol. The van der Waals surface area contributed by atoms with Crippen LogP contribution in [0.1, 0.15) is 94.8 Å². The van der Waals surface area contributed by atoms with Gasteiger partial charge in [-0.05, 0) is 151 Å². The summed E-state index contributed by atoms with van der Waals surface area (Å²) in [7, 11) is 0. The average molecular weight is 913 g/mol. The molecule has 4 nitrogen and oxygen atoms in total. The number of allylic oxidation sites excluding steroid dienone is 4. The summed E-state index contributed by atoms with van der Waals surface area (Å²) in [5, 5.41) is 2.25. The molecule has 4 heteroatoms. The Bertz CT molecular complexity index is 3670. The van der Waals surface area contributed by atoms with Crippen molar-refractivity contribution < 1.29 is 8.83 Å². The van der Waals surface area contributed by atoms with E-state index in [1.54, 1.807) is 0 Å². The Balaban J connectivity index is 1.20. The number of furan rings is 2. The first-order valence-corrected chi connectivity index (χ1v) is 24.5. The lowest BCUT2D eigenvalue weighted by atomic mass is 9.68. The van der Waals surface area contributed by atoms with Crippen molar-refractivity contribution in [1.82, 2.24) is 0 Å². The molecule has 70 heavy (non-hydrogen) atoms. The molecule has 0 saturated carbocycles. The number of nitrogens with zero attached hydrogens (tertiary/aromatic N) is 2. The molecule has 0 bridgehead atoms. The Labute approximate surface area is 413 Å². The van der Waals surface area contributed by atoms with Crippen LogP contribution in [0.3, 0.4) is 0 Å². The highest BCUT2D eigenvalue weighted by atomic mass is 16.3. The number of fused-ring (bicyclic) bond motifs is 10. The van der Waals surface area contributed by atoms with Crippen molar-refractivity contribution >= 4 is 62.1 Å². The molecule has 0 unspecified atom stereocenters. The molecule has 11 rings (SSSR count). The Morgan fingerprint density at radius 2 is 1.23 bits per heavy atom. The highest BCUT2D eigenvalue weighted by Crippen LogP contribution is 2.60. The minimum Gasteiger partial charge on any atom is -0.455 e. The predicted octanol–water partition coefficient (Wildman–Crippen LogP) is 18.3. The molecule has 2 heterocycles. The smallest absolute Gasteiger partial charge is 0.160 e. The Morgan fingerprint density at radius 3 is 1.87 bits per heavy atom. The molecule has 0 fully saturated rings. The molecule has 0 atom stereocenters. The van der Waals surface area contributed by atoms with E-state index in [1.807, 2.05) is 18.2 Å². The van der Waals surface area contributed by atoms with Crippen molar-refractivity contribution in [1.29, 1.82) is 0 Å². The van der Waals surface area contributed by atoms with Crippen LogP contribution in [0.4, 0.5) is 28.4 Å². The topological polar surface area (TPSA) is 32.8 Å². The summed E-state index contributed by atoms with van der Waals surface area (Å²) < 4.78 is 14.3. The standard InChI is InChI=1S/C66H60N2O2/c1-12-13-27-57-45(7)51-38-46-31-32-50-59-52(39-56(64-60(59)49-26-20-21-28-58(49)70-64)68(48-24-18-15-19-25-48)54-34-30-41(3)36-43(54)5)66(10,11)62(50)61(46)65(8,9)44(6)37-55(63(51)69-57)67(47-22-16-14-17-23-47)53-33-29-40(2)35-42(53)4/h12-37,39H,1,6,38H2,2-5,7-11H3/b27-13-,55-37?. The van der Waals surface area contributed by atoms with E-state index in [0.29, 0.717) is 6.42 Å². The van der Waals surface area contributed by atoms with Crippen LogP contribution in [0.2, 0.25) is 0 Å². The normalized spacial score (nSPS) is 14.6. The van der Waals surface area contributed by atoms with Gasteiger partial charge in [0, 0.05) is 56.3 Å². The molecule has 2 aliphatic rings. The quantitative estimate of drug-likeness (QED) is 0.142. The van der Waals surface area contributed by atoms with E-state index >= 15 is 0 Å². The molecular formula is C66H60N2O2. The van der Waals surface area contributed by atoms with Crippen LogP contribution in [0.15, 0.2) is 185 Å². The van der Waals surface area contributed by atoms with Gasteiger partial charge in [0.25, 0.3) is 0 Å². The summed E-state index contributed by atoms with van der Waals surface area (Å²) in [6.07, 6.45) is 8.78. The van der Waals surface area contributed by atoms with Gasteiger partial charge >= 0.3 is 0 Å². The van der Waals surface area contributed by atoms with E-state index in [4.69, 9.17) is 15.4 Å². The zero-order valence-corrected chi connectivity index (χ0v) is 41.9. The van der Waals surface area contributed by atoms with E-state index in [1.165, 1.54) is 55.6 Å². The van der Waals surface area contributed by atoms with Crippen molar-refractivity contribution in [3.8, 4) is 11.1 Å². The lowest BCUT2D eigenvalue weighted by Gasteiger charge is -2.36. The maximum Gasteiger partial charge on any atom is 0.160 e. The van der Waals surface area contributed by atoms with Crippen molar-refractivity contribution in [3.05, 3.63) is 244 Å². The van der Waals surface area contributed by atoms with Gasteiger partial charge in [0.1, 0.15) is 11.3 Å². The number of hydrogen-bond acceptors (Lipinski definition) is 4. The molecule has 0 spiro atoms. The monoisotopic (exact) mass is 912 g/mol. The Kier molecular flexibility index (Phi) is 10.7. The van der Waals surface area contributed by atoms with Gasteiger partial charge in [-0.15, -0.1) is 0 Å². The Hall–Kier alpha value is -7.82. The maximum absolute atomic E-state index is 7.15. The largest absolute Gasteiger partial charge is 0.455 e. The van der Waals surface area contributed by atoms with Crippen LogP contribution in [0, 0.1) is 34.6 Å². The van der Waals surface area contributed by atoms with Crippen LogP contribution >= 0.6 is 0 Å². The first kappa shape index (κ1) is 44.7. The summed E-state index contributed by atoms with van der Waals surface area (Å²) in [5.74, 6) is 1.65. The van der Waals surface area contributed by atoms with E-state index in [0.717, 1.165) is 84.3 Å². The van der Waals surface area contributed by atoms with Crippen molar-refractivity contribution in [2.75, 3.05) is 9.80 Å². The fraction of sp³-hybridized carbons (Fsp3) is 0.182. The highest BCUT2D eigenvalue weighted by molar-refractivity contribution is 6.19. The van der Waals surface area contributed by atoms with Gasteiger partial charge in [-0.1, -0.05) is 155 Å².